The van der Waals surface area contributed by atoms with Crippen LogP contribution in [0.15, 0.2) is 24.5 Å². The zero-order valence-corrected chi connectivity index (χ0v) is 9.33. The Kier molecular flexibility index (Phi) is 5.63. The number of hydrogen-bond donors (Lipinski definition) is 0. The first-order valence-electron chi connectivity index (χ1n) is 4.48. The van der Waals surface area contributed by atoms with Gasteiger partial charge in [-0.3, -0.25) is 9.88 Å². The van der Waals surface area contributed by atoms with Crippen molar-refractivity contribution in [2.75, 3.05) is 13.6 Å². The number of rotatable bonds is 1. The van der Waals surface area contributed by atoms with Crippen molar-refractivity contribution >= 4 is 12.4 Å². The summed E-state index contributed by atoms with van der Waals surface area (Å²) in [7, 11) is 2.19. The predicted octanol–water partition coefficient (Wildman–Crippen LogP) is 2.27. The molecule has 0 amide bonds. The number of aromatic nitrogens is 1. The maximum absolute atomic E-state index is 4.14. The number of halogens is 1. The summed E-state index contributed by atoms with van der Waals surface area (Å²) in [6.07, 6.45) is 6.41. The molecule has 1 atom stereocenters. The van der Waals surface area contributed by atoms with E-state index in [0.717, 1.165) is 0 Å². The third-order valence-electron chi connectivity index (χ3n) is 2.59. The summed E-state index contributed by atoms with van der Waals surface area (Å²) in [6.45, 7) is 1.22. The van der Waals surface area contributed by atoms with E-state index in [-0.39, 0.29) is 18.6 Å². The van der Waals surface area contributed by atoms with E-state index in [4.69, 9.17) is 0 Å². The molecule has 0 bridgehead atoms. The molecule has 2 heterocycles. The van der Waals surface area contributed by atoms with Gasteiger partial charge >= 0.3 is 0 Å². The van der Waals surface area contributed by atoms with Crippen molar-refractivity contribution in [1.29, 1.82) is 0 Å². The average molecular weight is 203 g/mol. The molecule has 2 nitrogen and oxygen atoms in total. The molecule has 1 aromatic rings. The molecule has 1 aliphatic heterocycles. The minimum Gasteiger partial charge on any atom is -0.299 e. The van der Waals surface area contributed by atoms with E-state index in [0.29, 0.717) is 6.04 Å². The Labute approximate surface area is 91.5 Å². The predicted molar refractivity (Wildman–Crippen MR) is 56.1 cm³/mol. The van der Waals surface area contributed by atoms with Crippen LogP contribution in [-0.2, 0) is 0 Å². The van der Waals surface area contributed by atoms with Crippen molar-refractivity contribution in [1.82, 2.24) is 9.88 Å². The average Bonchev–Trinajstić information content (AvgIpc) is 2.53. The van der Waals surface area contributed by atoms with Crippen LogP contribution in [0.5, 0.6) is 0 Å². The van der Waals surface area contributed by atoms with Gasteiger partial charge in [0.2, 0.25) is 0 Å². The fourth-order valence-corrected chi connectivity index (χ4v) is 1.90. The van der Waals surface area contributed by atoms with Gasteiger partial charge in [0.1, 0.15) is 0 Å². The van der Waals surface area contributed by atoms with Crippen LogP contribution >= 0.6 is 12.4 Å². The second-order valence-electron chi connectivity index (χ2n) is 3.42. The molecule has 1 aromatic heterocycles. The van der Waals surface area contributed by atoms with Crippen molar-refractivity contribution in [3.63, 3.8) is 0 Å². The van der Waals surface area contributed by atoms with E-state index in [1.807, 2.05) is 18.5 Å². The topological polar surface area (TPSA) is 16.1 Å². The van der Waals surface area contributed by atoms with Crippen LogP contribution in [0.3, 0.4) is 0 Å². The van der Waals surface area contributed by atoms with Crippen LogP contribution in [0.2, 0.25) is 0 Å². The van der Waals surface area contributed by atoms with Gasteiger partial charge in [-0.05, 0) is 38.1 Å². The largest absolute Gasteiger partial charge is 0.299 e. The summed E-state index contributed by atoms with van der Waals surface area (Å²) in [4.78, 5) is 6.54. The Morgan fingerprint density at radius 3 is 2.79 bits per heavy atom. The molecular weight excluding hydrogens is 188 g/mol. The van der Waals surface area contributed by atoms with Gasteiger partial charge in [0.25, 0.3) is 0 Å². The molecule has 0 radical (unpaired) electrons. The van der Waals surface area contributed by atoms with Gasteiger partial charge in [-0.15, -0.1) is 12.4 Å². The summed E-state index contributed by atoms with van der Waals surface area (Å²) in [5.41, 5.74) is 1.36. The maximum atomic E-state index is 4.14. The van der Waals surface area contributed by atoms with Crippen LogP contribution in [0.4, 0.5) is 0 Å². The third-order valence-corrected chi connectivity index (χ3v) is 2.59. The number of likely N-dealkylation sites (tertiary alicyclic amines) is 1. The Morgan fingerprint density at radius 2 is 2.29 bits per heavy atom. The Hall–Kier alpha value is -0.691. The third kappa shape index (κ3) is 2.65. The molecule has 1 saturated heterocycles. The second kappa shape index (κ2) is 5.92. The standard InChI is InChI=1S/C10H14N2.ClH.He/c1-12-7-3-5-10(12)9-4-2-6-11-8-9;;/h2,4,6,8,10H,3,5,7H2,1H3;1H;. The van der Waals surface area contributed by atoms with E-state index in [1.165, 1.54) is 24.9 Å². The summed E-state index contributed by atoms with van der Waals surface area (Å²) >= 11 is 0. The van der Waals surface area contributed by atoms with Gasteiger partial charge in [-0.2, -0.15) is 0 Å². The molecule has 2 rings (SSSR count). The second-order valence-corrected chi connectivity index (χ2v) is 3.42. The van der Waals surface area contributed by atoms with E-state index < -0.39 is 0 Å². The van der Waals surface area contributed by atoms with Crippen molar-refractivity contribution < 1.29 is 6.15 Å². The van der Waals surface area contributed by atoms with Gasteiger partial charge in [0.05, 0.1) is 0 Å². The first-order chi connectivity index (χ1) is 5.88. The summed E-state index contributed by atoms with van der Waals surface area (Å²) in [6, 6.07) is 4.79. The first-order valence-corrected chi connectivity index (χ1v) is 4.48. The molecule has 1 unspecified atom stereocenters. The molecule has 0 aliphatic carbocycles. The molecule has 4 heteroatoms. The Morgan fingerprint density at radius 1 is 1.50 bits per heavy atom. The molecule has 0 N–H and O–H groups in total. The quantitative estimate of drug-likeness (QED) is 0.695. The normalized spacial score (nSPS) is 21.1. The van der Waals surface area contributed by atoms with Gasteiger partial charge in [0.15, 0.2) is 0 Å². The fraction of sp³-hybridized carbons (Fsp3) is 0.500. The van der Waals surface area contributed by atoms with Crippen molar-refractivity contribution in [3.8, 4) is 0 Å². The van der Waals surface area contributed by atoms with Crippen molar-refractivity contribution in [2.24, 2.45) is 0 Å². The minimum absolute atomic E-state index is 0. The maximum Gasteiger partial charge on any atom is 0.0360 e. The Bertz CT molecular complexity index is 256. The van der Waals surface area contributed by atoms with Crippen molar-refractivity contribution in [2.45, 2.75) is 18.9 Å². The zero-order valence-electron chi connectivity index (χ0n) is 8.52. The van der Waals surface area contributed by atoms with Crippen LogP contribution in [0.1, 0.15) is 24.4 Å². The van der Waals surface area contributed by atoms with Crippen LogP contribution in [-0.4, -0.2) is 23.5 Å². The number of pyridine rings is 1. The summed E-state index contributed by atoms with van der Waals surface area (Å²) in [5.74, 6) is 0. The van der Waals surface area contributed by atoms with E-state index in [1.54, 1.807) is 0 Å². The molecule has 0 spiro atoms. The molecule has 74 valence electrons. The zero-order chi connectivity index (χ0) is 8.39. The SMILES string of the molecule is CN1CCCC1c1cccnc1.Cl.[He]. The van der Waals surface area contributed by atoms with Gasteiger partial charge in [-0.1, -0.05) is 6.07 Å². The molecule has 0 saturated carbocycles. The minimum atomic E-state index is 0. The summed E-state index contributed by atoms with van der Waals surface area (Å²) < 4.78 is 0. The molecule has 1 fully saturated rings. The number of nitrogens with zero attached hydrogens (tertiary/aromatic N) is 2. The molecule has 14 heavy (non-hydrogen) atoms. The first kappa shape index (κ1) is 13.3. The monoisotopic (exact) mass is 202 g/mol. The van der Waals surface area contributed by atoms with E-state index in [2.05, 4.69) is 23.0 Å². The van der Waals surface area contributed by atoms with Crippen molar-refractivity contribution in [3.05, 3.63) is 30.1 Å². The van der Waals surface area contributed by atoms with E-state index in [9.17, 15) is 0 Å². The van der Waals surface area contributed by atoms with Gasteiger partial charge < -0.3 is 0 Å². The smallest absolute Gasteiger partial charge is 0.0360 e. The van der Waals surface area contributed by atoms with Gasteiger partial charge in [0, 0.05) is 24.6 Å². The molecule has 1 aliphatic rings. The fourth-order valence-electron chi connectivity index (χ4n) is 1.90. The van der Waals surface area contributed by atoms with Crippen LogP contribution in [0, 0.1) is 6.15 Å². The van der Waals surface area contributed by atoms with Crippen LogP contribution in [0.25, 0.3) is 0 Å². The Balaban J connectivity index is 0.000000845. The van der Waals surface area contributed by atoms with Crippen LogP contribution < -0.4 is 0 Å². The van der Waals surface area contributed by atoms with E-state index >= 15 is 0 Å². The van der Waals surface area contributed by atoms with Gasteiger partial charge in [-0.25, -0.2) is 0 Å². The molecule has 0 aromatic carbocycles. The molecular formula is C10H15ClHeN2. The number of hydrogen-bond acceptors (Lipinski definition) is 2. The summed E-state index contributed by atoms with van der Waals surface area (Å²) in [5, 5.41) is 0.